The second-order valence-electron chi connectivity index (χ2n) is 6.05. The standard InChI is InChI=1S/C16H21ClN4O/c1-22-14-7-13(10-20-4-2-3-5-20)21(11-14)16-15(17)6-12(8-18)9-19-16/h6,9,13-14H,2-5,7,10-11H2,1H3/t13-,14-/m0/s1. The Morgan fingerprint density at radius 2 is 2.23 bits per heavy atom. The number of hydrogen-bond acceptors (Lipinski definition) is 5. The smallest absolute Gasteiger partial charge is 0.147 e. The first-order valence-corrected chi connectivity index (χ1v) is 8.16. The van der Waals surface area contributed by atoms with Gasteiger partial charge in [-0.2, -0.15) is 5.26 Å². The molecule has 1 aromatic rings. The quantitative estimate of drug-likeness (QED) is 0.852. The number of ether oxygens (including phenoxy) is 1. The molecule has 2 atom stereocenters. The second-order valence-corrected chi connectivity index (χ2v) is 6.46. The van der Waals surface area contributed by atoms with E-state index in [-0.39, 0.29) is 6.10 Å². The van der Waals surface area contributed by atoms with Gasteiger partial charge in [0.05, 0.1) is 16.7 Å². The van der Waals surface area contributed by atoms with Crippen molar-refractivity contribution >= 4 is 17.4 Å². The van der Waals surface area contributed by atoms with Crippen LogP contribution in [0.25, 0.3) is 0 Å². The Balaban J connectivity index is 1.80. The number of likely N-dealkylation sites (tertiary alicyclic amines) is 1. The van der Waals surface area contributed by atoms with Crippen molar-refractivity contribution in [1.29, 1.82) is 5.26 Å². The van der Waals surface area contributed by atoms with E-state index in [2.05, 4.69) is 20.9 Å². The van der Waals surface area contributed by atoms with Gasteiger partial charge in [0.2, 0.25) is 0 Å². The van der Waals surface area contributed by atoms with Crippen molar-refractivity contribution in [2.24, 2.45) is 0 Å². The van der Waals surface area contributed by atoms with Crippen molar-refractivity contribution in [1.82, 2.24) is 9.88 Å². The molecule has 2 aliphatic heterocycles. The zero-order valence-electron chi connectivity index (χ0n) is 12.8. The Labute approximate surface area is 136 Å². The van der Waals surface area contributed by atoms with Gasteiger partial charge in [0, 0.05) is 32.4 Å². The molecule has 0 N–H and O–H groups in total. The molecule has 118 valence electrons. The monoisotopic (exact) mass is 320 g/mol. The molecule has 0 radical (unpaired) electrons. The molecular formula is C16H21ClN4O. The van der Waals surface area contributed by atoms with Gasteiger partial charge in [-0.05, 0) is 38.4 Å². The van der Waals surface area contributed by atoms with Crippen LogP contribution in [0, 0.1) is 11.3 Å². The van der Waals surface area contributed by atoms with Crippen LogP contribution in [0.5, 0.6) is 0 Å². The number of pyridine rings is 1. The number of aromatic nitrogens is 1. The number of halogens is 1. The van der Waals surface area contributed by atoms with Crippen molar-refractivity contribution in [3.05, 3.63) is 22.8 Å². The highest BCUT2D eigenvalue weighted by molar-refractivity contribution is 6.33. The van der Waals surface area contributed by atoms with Gasteiger partial charge in [-0.3, -0.25) is 0 Å². The predicted octanol–water partition coefficient (Wildman–Crippen LogP) is 2.30. The maximum absolute atomic E-state index is 8.95. The summed E-state index contributed by atoms with van der Waals surface area (Å²) in [5, 5.41) is 9.49. The van der Waals surface area contributed by atoms with Crippen molar-refractivity contribution in [3.8, 4) is 6.07 Å². The second kappa shape index (κ2) is 6.82. The number of methoxy groups -OCH3 is 1. The third-order valence-corrected chi connectivity index (χ3v) is 4.88. The Kier molecular flexibility index (Phi) is 4.82. The largest absolute Gasteiger partial charge is 0.380 e. The van der Waals surface area contributed by atoms with Crippen LogP contribution in [0.3, 0.4) is 0 Å². The molecule has 0 unspecified atom stereocenters. The average Bonchev–Trinajstić information content (AvgIpc) is 3.17. The van der Waals surface area contributed by atoms with E-state index in [1.165, 1.54) is 25.9 Å². The number of anilines is 1. The summed E-state index contributed by atoms with van der Waals surface area (Å²) in [4.78, 5) is 9.18. The highest BCUT2D eigenvalue weighted by atomic mass is 35.5. The fourth-order valence-electron chi connectivity index (χ4n) is 3.44. The Bertz CT molecular complexity index is 568. The molecule has 0 bridgehead atoms. The predicted molar refractivity (Wildman–Crippen MR) is 86.2 cm³/mol. The van der Waals surface area contributed by atoms with Crippen LogP contribution in [-0.2, 0) is 4.74 Å². The lowest BCUT2D eigenvalue weighted by Crippen LogP contribution is -2.40. The minimum Gasteiger partial charge on any atom is -0.380 e. The number of rotatable bonds is 4. The molecule has 2 fully saturated rings. The van der Waals surface area contributed by atoms with Crippen molar-refractivity contribution in [2.45, 2.75) is 31.4 Å². The van der Waals surface area contributed by atoms with Gasteiger partial charge >= 0.3 is 0 Å². The number of hydrogen-bond donors (Lipinski definition) is 0. The van der Waals surface area contributed by atoms with E-state index in [0.29, 0.717) is 16.6 Å². The first-order valence-electron chi connectivity index (χ1n) is 7.78. The van der Waals surface area contributed by atoms with Crippen LogP contribution in [0.15, 0.2) is 12.3 Å². The SMILES string of the molecule is CO[C@H]1C[C@@H](CN2CCCC2)N(c2ncc(C#N)cc2Cl)C1. The summed E-state index contributed by atoms with van der Waals surface area (Å²) < 4.78 is 5.56. The highest BCUT2D eigenvalue weighted by Gasteiger charge is 2.35. The lowest BCUT2D eigenvalue weighted by Gasteiger charge is -2.29. The molecule has 0 saturated carbocycles. The maximum atomic E-state index is 8.95. The first kappa shape index (κ1) is 15.5. The van der Waals surface area contributed by atoms with E-state index in [0.717, 1.165) is 25.3 Å². The van der Waals surface area contributed by atoms with E-state index < -0.39 is 0 Å². The van der Waals surface area contributed by atoms with Crippen molar-refractivity contribution < 1.29 is 4.74 Å². The third-order valence-electron chi connectivity index (χ3n) is 4.60. The molecule has 6 heteroatoms. The van der Waals surface area contributed by atoms with Crippen molar-refractivity contribution in [3.63, 3.8) is 0 Å². The average molecular weight is 321 g/mol. The van der Waals surface area contributed by atoms with Gasteiger partial charge in [0.1, 0.15) is 11.9 Å². The Hall–Kier alpha value is -1.35. The van der Waals surface area contributed by atoms with Gasteiger partial charge in [-0.15, -0.1) is 0 Å². The Morgan fingerprint density at radius 3 is 2.86 bits per heavy atom. The molecule has 0 aliphatic carbocycles. The topological polar surface area (TPSA) is 52.4 Å². The van der Waals surface area contributed by atoms with Gasteiger partial charge in [-0.25, -0.2) is 4.98 Å². The van der Waals surface area contributed by atoms with Crippen LogP contribution in [0.2, 0.25) is 5.02 Å². The van der Waals surface area contributed by atoms with Crippen LogP contribution >= 0.6 is 11.6 Å². The first-order chi connectivity index (χ1) is 10.7. The van der Waals surface area contributed by atoms with Crippen LogP contribution in [0.1, 0.15) is 24.8 Å². The van der Waals surface area contributed by atoms with E-state index in [4.69, 9.17) is 21.6 Å². The van der Waals surface area contributed by atoms with E-state index >= 15 is 0 Å². The van der Waals surface area contributed by atoms with Gasteiger partial charge < -0.3 is 14.5 Å². The van der Waals surface area contributed by atoms with Crippen LogP contribution in [-0.4, -0.2) is 55.3 Å². The molecule has 1 aromatic heterocycles. The summed E-state index contributed by atoms with van der Waals surface area (Å²) in [6.45, 7) is 4.18. The summed E-state index contributed by atoms with van der Waals surface area (Å²) in [5.74, 6) is 0.768. The number of nitriles is 1. The molecule has 3 heterocycles. The molecule has 22 heavy (non-hydrogen) atoms. The molecule has 0 spiro atoms. The summed E-state index contributed by atoms with van der Waals surface area (Å²) in [6.07, 6.45) is 5.37. The van der Waals surface area contributed by atoms with Crippen molar-refractivity contribution in [2.75, 3.05) is 38.2 Å². The van der Waals surface area contributed by atoms with Gasteiger partial charge in [-0.1, -0.05) is 11.6 Å². The Morgan fingerprint density at radius 1 is 1.45 bits per heavy atom. The lowest BCUT2D eigenvalue weighted by molar-refractivity contribution is 0.116. The molecule has 5 nitrogen and oxygen atoms in total. The van der Waals surface area contributed by atoms with E-state index in [1.54, 1.807) is 19.4 Å². The molecule has 2 saturated heterocycles. The summed E-state index contributed by atoms with van der Waals surface area (Å²) >= 11 is 6.35. The minimum absolute atomic E-state index is 0.209. The zero-order valence-corrected chi connectivity index (χ0v) is 13.6. The fourth-order valence-corrected chi connectivity index (χ4v) is 3.72. The molecule has 2 aliphatic rings. The summed E-state index contributed by atoms with van der Waals surface area (Å²) in [7, 11) is 1.76. The lowest BCUT2D eigenvalue weighted by atomic mass is 10.2. The molecular weight excluding hydrogens is 300 g/mol. The maximum Gasteiger partial charge on any atom is 0.147 e. The third kappa shape index (κ3) is 3.19. The zero-order chi connectivity index (χ0) is 15.5. The molecule has 0 aromatic carbocycles. The summed E-state index contributed by atoms with van der Waals surface area (Å²) in [6, 6.07) is 4.13. The number of nitrogens with zero attached hydrogens (tertiary/aromatic N) is 4. The normalized spacial score (nSPS) is 25.6. The van der Waals surface area contributed by atoms with Gasteiger partial charge in [0.15, 0.2) is 0 Å². The minimum atomic E-state index is 0.209. The fraction of sp³-hybridized carbons (Fsp3) is 0.625. The highest BCUT2D eigenvalue weighted by Crippen LogP contribution is 2.32. The molecule has 0 amide bonds. The molecule has 3 rings (SSSR count). The van der Waals surface area contributed by atoms with Crippen LogP contribution in [0.4, 0.5) is 5.82 Å². The van der Waals surface area contributed by atoms with E-state index in [9.17, 15) is 0 Å². The van der Waals surface area contributed by atoms with Gasteiger partial charge in [0.25, 0.3) is 0 Å². The van der Waals surface area contributed by atoms with E-state index in [1.807, 2.05) is 0 Å². The summed E-state index contributed by atoms with van der Waals surface area (Å²) in [5.41, 5.74) is 0.493. The van der Waals surface area contributed by atoms with Crippen LogP contribution < -0.4 is 4.90 Å².